The second-order valence-corrected chi connectivity index (χ2v) is 7.96. The molecule has 28 heavy (non-hydrogen) atoms. The number of pyridine rings is 1. The van der Waals surface area contributed by atoms with Crippen LogP contribution < -0.4 is 10.2 Å². The van der Waals surface area contributed by atoms with Gasteiger partial charge < -0.3 is 14.6 Å². The summed E-state index contributed by atoms with van der Waals surface area (Å²) in [5.74, 6) is -0.376. The van der Waals surface area contributed by atoms with Crippen LogP contribution in [0.2, 0.25) is 0 Å². The van der Waals surface area contributed by atoms with Crippen LogP contribution in [0, 0.1) is 25.4 Å². The normalized spacial score (nSPS) is 10.7. The Balaban J connectivity index is 2.03. The zero-order chi connectivity index (χ0) is 20.7. The van der Waals surface area contributed by atoms with Crippen LogP contribution >= 0.6 is 45.2 Å². The number of carbonyl (C=O) groups excluding carboxylic acids is 1. The first-order chi connectivity index (χ1) is 13.3. The van der Waals surface area contributed by atoms with E-state index in [-0.39, 0.29) is 30.4 Å². The van der Waals surface area contributed by atoms with E-state index in [1.165, 1.54) is 13.3 Å². The van der Waals surface area contributed by atoms with Gasteiger partial charge in [0.05, 0.1) is 16.4 Å². The Hall–Kier alpha value is -1.98. The molecule has 0 saturated heterocycles. The monoisotopic (exact) mass is 606 g/mol. The van der Waals surface area contributed by atoms with Crippen molar-refractivity contribution in [3.05, 3.63) is 47.7 Å². The van der Waals surface area contributed by atoms with Gasteiger partial charge in [0.2, 0.25) is 5.88 Å². The topological polar surface area (TPSA) is 117 Å². The zero-order valence-electron chi connectivity index (χ0n) is 15.0. The van der Waals surface area contributed by atoms with E-state index in [1.54, 1.807) is 19.1 Å². The summed E-state index contributed by atoms with van der Waals surface area (Å²) in [5.41, 5.74) is 4.29. The fourth-order valence-corrected chi connectivity index (χ4v) is 4.12. The van der Waals surface area contributed by atoms with Crippen molar-refractivity contribution < 1.29 is 19.4 Å². The van der Waals surface area contributed by atoms with Crippen molar-refractivity contribution in [3.8, 4) is 17.7 Å². The van der Waals surface area contributed by atoms with Gasteiger partial charge in [0.25, 0.3) is 5.91 Å². The minimum absolute atomic E-state index is 0.0680. The van der Waals surface area contributed by atoms with Crippen molar-refractivity contribution in [1.82, 2.24) is 10.4 Å². The summed E-state index contributed by atoms with van der Waals surface area (Å²) < 4.78 is 12.1. The number of halogens is 2. The van der Waals surface area contributed by atoms with E-state index in [2.05, 4.69) is 38.1 Å². The quantitative estimate of drug-likeness (QED) is 0.285. The van der Waals surface area contributed by atoms with Crippen LogP contribution in [0.4, 0.5) is 0 Å². The first-order valence-electron chi connectivity index (χ1n) is 7.88. The third-order valence-corrected chi connectivity index (χ3v) is 4.84. The standard InChI is InChI=1S/C18H16I2N4O4/c1-10-3-12(8-27-2)14(6-21)18(23-10)28-9-16(25)24-22-7-11-4-13(19)5-15(20)17(11)26/h3-5,7,26H,8-9H2,1-2H3,(H,24,25)/b22-7+. The van der Waals surface area contributed by atoms with Crippen LogP contribution in [-0.2, 0) is 16.1 Å². The molecule has 2 aromatic rings. The minimum Gasteiger partial charge on any atom is -0.506 e. The molecule has 2 N–H and O–H groups in total. The van der Waals surface area contributed by atoms with Crippen molar-refractivity contribution in [1.29, 1.82) is 5.26 Å². The molecule has 2 rings (SSSR count). The van der Waals surface area contributed by atoms with E-state index in [0.29, 0.717) is 20.4 Å². The number of aromatic hydroxyl groups is 1. The second-order valence-electron chi connectivity index (χ2n) is 5.56. The highest BCUT2D eigenvalue weighted by molar-refractivity contribution is 14.1. The second kappa shape index (κ2) is 10.5. The van der Waals surface area contributed by atoms with Crippen LogP contribution in [0.3, 0.4) is 0 Å². The number of hydrazone groups is 1. The van der Waals surface area contributed by atoms with E-state index in [0.717, 1.165) is 3.57 Å². The third-order valence-electron chi connectivity index (χ3n) is 3.40. The maximum Gasteiger partial charge on any atom is 0.278 e. The number of nitrogens with zero attached hydrogens (tertiary/aromatic N) is 3. The fourth-order valence-electron chi connectivity index (χ4n) is 2.23. The van der Waals surface area contributed by atoms with Crippen LogP contribution in [0.15, 0.2) is 23.3 Å². The molecule has 0 unspecified atom stereocenters. The number of nitriles is 1. The van der Waals surface area contributed by atoms with E-state index < -0.39 is 5.91 Å². The molecule has 0 aliphatic rings. The highest BCUT2D eigenvalue weighted by Crippen LogP contribution is 2.25. The first-order valence-corrected chi connectivity index (χ1v) is 10.0. The Bertz CT molecular complexity index is 958. The maximum atomic E-state index is 12.0. The number of phenolic OH excluding ortho intramolecular Hbond substituents is 1. The van der Waals surface area contributed by atoms with Crippen LogP contribution in [0.5, 0.6) is 11.6 Å². The summed E-state index contributed by atoms with van der Waals surface area (Å²) >= 11 is 4.14. The van der Waals surface area contributed by atoms with Gasteiger partial charge >= 0.3 is 0 Å². The Morgan fingerprint density at radius 2 is 2.18 bits per heavy atom. The molecule has 10 heteroatoms. The van der Waals surface area contributed by atoms with Crippen molar-refractivity contribution in [3.63, 3.8) is 0 Å². The molecule has 0 spiro atoms. The molecule has 0 radical (unpaired) electrons. The lowest BCUT2D eigenvalue weighted by atomic mass is 10.1. The number of amides is 1. The number of nitrogens with one attached hydrogen (secondary N) is 1. The number of aromatic nitrogens is 1. The van der Waals surface area contributed by atoms with Gasteiger partial charge in [0.15, 0.2) is 6.61 Å². The maximum absolute atomic E-state index is 12.0. The van der Waals surface area contributed by atoms with Crippen LogP contribution in [0.25, 0.3) is 0 Å². The first kappa shape index (κ1) is 22.3. The van der Waals surface area contributed by atoms with Gasteiger partial charge in [-0.3, -0.25) is 4.79 Å². The molecule has 0 saturated carbocycles. The van der Waals surface area contributed by atoms with Crippen molar-refractivity contribution in [2.75, 3.05) is 13.7 Å². The number of phenols is 1. The number of methoxy groups -OCH3 is 1. The van der Waals surface area contributed by atoms with Crippen LogP contribution in [-0.4, -0.2) is 35.9 Å². The highest BCUT2D eigenvalue weighted by atomic mass is 127. The Morgan fingerprint density at radius 3 is 2.86 bits per heavy atom. The number of hydrogen-bond acceptors (Lipinski definition) is 7. The molecule has 0 atom stereocenters. The molecule has 0 aliphatic heterocycles. The van der Waals surface area contributed by atoms with Gasteiger partial charge in [-0.25, -0.2) is 10.4 Å². The smallest absolute Gasteiger partial charge is 0.278 e. The van der Waals surface area contributed by atoms with Crippen LogP contribution in [0.1, 0.15) is 22.4 Å². The van der Waals surface area contributed by atoms with Crippen molar-refractivity contribution >= 4 is 57.3 Å². The van der Waals surface area contributed by atoms with Gasteiger partial charge in [-0.15, -0.1) is 0 Å². The molecule has 1 aromatic heterocycles. The number of rotatable bonds is 7. The minimum atomic E-state index is -0.531. The highest BCUT2D eigenvalue weighted by Gasteiger charge is 2.14. The lowest BCUT2D eigenvalue weighted by molar-refractivity contribution is -0.123. The summed E-state index contributed by atoms with van der Waals surface area (Å²) in [4.78, 5) is 16.1. The third kappa shape index (κ3) is 6.01. The predicted octanol–water partition coefficient (Wildman–Crippen LogP) is 2.85. The average molecular weight is 606 g/mol. The van der Waals surface area contributed by atoms with E-state index >= 15 is 0 Å². The number of hydrogen-bond donors (Lipinski definition) is 2. The molecule has 0 bridgehead atoms. The molecule has 1 aromatic carbocycles. The summed E-state index contributed by atoms with van der Waals surface area (Å²) in [5, 5.41) is 23.2. The Morgan fingerprint density at radius 1 is 1.43 bits per heavy atom. The van der Waals surface area contributed by atoms with Gasteiger partial charge in [-0.2, -0.15) is 10.4 Å². The Labute approximate surface area is 189 Å². The van der Waals surface area contributed by atoms with Gasteiger partial charge in [-0.1, -0.05) is 0 Å². The van der Waals surface area contributed by atoms with E-state index in [4.69, 9.17) is 9.47 Å². The lowest BCUT2D eigenvalue weighted by Crippen LogP contribution is -2.25. The molecule has 0 aliphatic carbocycles. The summed E-state index contributed by atoms with van der Waals surface area (Å²) in [6.45, 7) is 1.62. The molecule has 1 amide bonds. The summed E-state index contributed by atoms with van der Waals surface area (Å²) in [6.07, 6.45) is 1.35. The van der Waals surface area contributed by atoms with Gasteiger partial charge in [0.1, 0.15) is 17.4 Å². The van der Waals surface area contributed by atoms with Crippen molar-refractivity contribution in [2.45, 2.75) is 13.5 Å². The molecule has 1 heterocycles. The number of carbonyl (C=O) groups is 1. The van der Waals surface area contributed by atoms with E-state index in [9.17, 15) is 15.2 Å². The summed E-state index contributed by atoms with van der Waals surface area (Å²) in [7, 11) is 1.52. The zero-order valence-corrected chi connectivity index (χ0v) is 19.3. The van der Waals surface area contributed by atoms with Gasteiger partial charge in [-0.05, 0) is 70.3 Å². The van der Waals surface area contributed by atoms with Crippen molar-refractivity contribution in [2.24, 2.45) is 5.10 Å². The lowest BCUT2D eigenvalue weighted by Gasteiger charge is -2.10. The molecular formula is C18H16I2N4O4. The molecule has 8 nitrogen and oxygen atoms in total. The molecular weight excluding hydrogens is 590 g/mol. The molecule has 0 fully saturated rings. The predicted molar refractivity (Wildman–Crippen MR) is 119 cm³/mol. The largest absolute Gasteiger partial charge is 0.506 e. The van der Waals surface area contributed by atoms with E-state index in [1.807, 2.05) is 34.7 Å². The molecule has 146 valence electrons. The van der Waals surface area contributed by atoms with Gasteiger partial charge in [0, 0.05) is 27.5 Å². The number of aryl methyl sites for hydroxylation is 1. The number of ether oxygens (including phenoxy) is 2. The average Bonchev–Trinajstić information content (AvgIpc) is 2.64. The Kier molecular flexibility index (Phi) is 8.39. The SMILES string of the molecule is COCc1cc(C)nc(OCC(=O)N/N=C/c2cc(I)cc(I)c2O)c1C#N. The summed E-state index contributed by atoms with van der Waals surface area (Å²) in [6, 6.07) is 7.31. The fraction of sp³-hybridized carbons (Fsp3) is 0.222. The number of benzene rings is 1.